The number of carbonyl (C=O) groups is 1. The van der Waals surface area contributed by atoms with Gasteiger partial charge in [-0.1, -0.05) is 32.1 Å². The standard InChI is InChI=1S/C14H23NO3/c1-12-13(15-11-18-12)9-7-5-3-2-4-6-8-10-14(16)17/h11H,2-10H2,1H3,(H,16,17). The summed E-state index contributed by atoms with van der Waals surface area (Å²) in [4.78, 5) is 14.5. The fourth-order valence-corrected chi connectivity index (χ4v) is 2.02. The van der Waals surface area contributed by atoms with Gasteiger partial charge in [0.15, 0.2) is 6.39 Å². The Morgan fingerprint density at radius 2 is 1.78 bits per heavy atom. The van der Waals surface area contributed by atoms with Crippen molar-refractivity contribution in [1.29, 1.82) is 0 Å². The van der Waals surface area contributed by atoms with E-state index in [-0.39, 0.29) is 0 Å². The molecule has 0 aliphatic rings. The lowest BCUT2D eigenvalue weighted by atomic mass is 10.1. The van der Waals surface area contributed by atoms with Crippen LogP contribution in [0.2, 0.25) is 0 Å². The molecule has 0 aliphatic carbocycles. The third kappa shape index (κ3) is 6.42. The molecule has 0 saturated carbocycles. The van der Waals surface area contributed by atoms with E-state index in [1.165, 1.54) is 25.7 Å². The maximum Gasteiger partial charge on any atom is 0.303 e. The first-order chi connectivity index (χ1) is 8.70. The number of hydrogen-bond donors (Lipinski definition) is 1. The molecule has 1 heterocycles. The van der Waals surface area contributed by atoms with Gasteiger partial charge in [0.1, 0.15) is 5.76 Å². The second kappa shape index (κ2) is 8.72. The Labute approximate surface area is 108 Å². The summed E-state index contributed by atoms with van der Waals surface area (Å²) in [5.74, 6) is 0.252. The number of aryl methyl sites for hydroxylation is 2. The molecule has 1 rings (SSSR count). The smallest absolute Gasteiger partial charge is 0.303 e. The molecular formula is C14H23NO3. The molecule has 0 aliphatic heterocycles. The van der Waals surface area contributed by atoms with E-state index in [0.717, 1.165) is 43.6 Å². The summed E-state index contributed by atoms with van der Waals surface area (Å²) in [6, 6.07) is 0. The minimum atomic E-state index is -0.682. The van der Waals surface area contributed by atoms with Crippen LogP contribution >= 0.6 is 0 Å². The van der Waals surface area contributed by atoms with E-state index < -0.39 is 5.97 Å². The summed E-state index contributed by atoms with van der Waals surface area (Å²) in [5.41, 5.74) is 1.08. The van der Waals surface area contributed by atoms with Crippen molar-refractivity contribution in [2.24, 2.45) is 0 Å². The van der Waals surface area contributed by atoms with E-state index in [0.29, 0.717) is 6.42 Å². The van der Waals surface area contributed by atoms with Crippen LogP contribution in [0.25, 0.3) is 0 Å². The Morgan fingerprint density at radius 3 is 2.33 bits per heavy atom. The molecule has 4 heteroatoms. The van der Waals surface area contributed by atoms with Crippen LogP contribution in [0.15, 0.2) is 10.8 Å². The maximum absolute atomic E-state index is 10.3. The van der Waals surface area contributed by atoms with E-state index >= 15 is 0 Å². The molecule has 0 amide bonds. The van der Waals surface area contributed by atoms with Gasteiger partial charge in [0.25, 0.3) is 0 Å². The molecule has 0 saturated heterocycles. The number of aromatic nitrogens is 1. The van der Waals surface area contributed by atoms with Crippen LogP contribution in [0.5, 0.6) is 0 Å². The van der Waals surface area contributed by atoms with Crippen molar-refractivity contribution in [2.45, 2.75) is 64.7 Å². The molecule has 18 heavy (non-hydrogen) atoms. The molecular weight excluding hydrogens is 230 g/mol. The molecule has 0 atom stereocenters. The normalized spacial score (nSPS) is 10.7. The van der Waals surface area contributed by atoms with Gasteiger partial charge in [-0.25, -0.2) is 4.98 Å². The lowest BCUT2D eigenvalue weighted by molar-refractivity contribution is -0.137. The SMILES string of the molecule is Cc1ocnc1CCCCCCCCCC(=O)O. The van der Waals surface area contributed by atoms with Crippen LogP contribution < -0.4 is 0 Å². The molecule has 1 aromatic rings. The maximum atomic E-state index is 10.3. The van der Waals surface area contributed by atoms with Crippen molar-refractivity contribution in [3.63, 3.8) is 0 Å². The van der Waals surface area contributed by atoms with Crippen LogP contribution in [0.3, 0.4) is 0 Å². The predicted octanol–water partition coefficient (Wildman–Crippen LogP) is 3.73. The topological polar surface area (TPSA) is 63.3 Å². The van der Waals surface area contributed by atoms with Crippen LogP contribution in [0, 0.1) is 6.92 Å². The summed E-state index contributed by atoms with van der Waals surface area (Å²) in [6.07, 6.45) is 10.6. The highest BCUT2D eigenvalue weighted by molar-refractivity contribution is 5.66. The third-order valence-electron chi connectivity index (χ3n) is 3.15. The monoisotopic (exact) mass is 253 g/mol. The Balaban J connectivity index is 1.87. The molecule has 0 aromatic carbocycles. The number of aliphatic carboxylic acids is 1. The van der Waals surface area contributed by atoms with E-state index in [4.69, 9.17) is 9.52 Å². The van der Waals surface area contributed by atoms with Crippen molar-refractivity contribution in [1.82, 2.24) is 4.98 Å². The summed E-state index contributed by atoms with van der Waals surface area (Å²) in [6.45, 7) is 1.95. The quantitative estimate of drug-likeness (QED) is 0.645. The molecule has 1 N–H and O–H groups in total. The average Bonchev–Trinajstić information content (AvgIpc) is 2.72. The Bertz CT molecular complexity index is 347. The predicted molar refractivity (Wildman–Crippen MR) is 69.5 cm³/mol. The molecule has 0 fully saturated rings. The van der Waals surface area contributed by atoms with Gasteiger partial charge in [-0.3, -0.25) is 4.79 Å². The van der Waals surface area contributed by atoms with Crippen molar-refractivity contribution in [3.8, 4) is 0 Å². The summed E-state index contributed by atoms with van der Waals surface area (Å²) >= 11 is 0. The number of carboxylic acids is 1. The van der Waals surface area contributed by atoms with Gasteiger partial charge in [0.2, 0.25) is 0 Å². The van der Waals surface area contributed by atoms with Gasteiger partial charge in [-0.05, 0) is 26.2 Å². The van der Waals surface area contributed by atoms with Gasteiger partial charge in [-0.15, -0.1) is 0 Å². The molecule has 4 nitrogen and oxygen atoms in total. The molecule has 0 radical (unpaired) electrons. The van der Waals surface area contributed by atoms with Crippen molar-refractivity contribution in [2.75, 3.05) is 0 Å². The molecule has 0 spiro atoms. The fourth-order valence-electron chi connectivity index (χ4n) is 2.02. The van der Waals surface area contributed by atoms with Crippen molar-refractivity contribution in [3.05, 3.63) is 17.8 Å². The molecule has 1 aromatic heterocycles. The van der Waals surface area contributed by atoms with Crippen LogP contribution in [-0.2, 0) is 11.2 Å². The first-order valence-electron chi connectivity index (χ1n) is 6.81. The lowest BCUT2D eigenvalue weighted by Gasteiger charge is -2.01. The second-order valence-electron chi connectivity index (χ2n) is 4.72. The first-order valence-corrected chi connectivity index (χ1v) is 6.81. The van der Waals surface area contributed by atoms with E-state index in [9.17, 15) is 4.79 Å². The van der Waals surface area contributed by atoms with Crippen LogP contribution in [0.4, 0.5) is 0 Å². The highest BCUT2D eigenvalue weighted by atomic mass is 16.4. The van der Waals surface area contributed by atoms with Gasteiger partial charge < -0.3 is 9.52 Å². The Morgan fingerprint density at radius 1 is 1.17 bits per heavy atom. The zero-order valence-electron chi connectivity index (χ0n) is 11.2. The Kier molecular flexibility index (Phi) is 7.14. The van der Waals surface area contributed by atoms with Crippen molar-refractivity contribution >= 4 is 5.97 Å². The van der Waals surface area contributed by atoms with Gasteiger partial charge in [0, 0.05) is 6.42 Å². The zero-order valence-corrected chi connectivity index (χ0v) is 11.2. The number of nitrogens with zero attached hydrogens (tertiary/aromatic N) is 1. The zero-order chi connectivity index (χ0) is 13.2. The van der Waals surface area contributed by atoms with Gasteiger partial charge >= 0.3 is 5.97 Å². The summed E-state index contributed by atoms with van der Waals surface area (Å²) in [7, 11) is 0. The third-order valence-corrected chi connectivity index (χ3v) is 3.15. The summed E-state index contributed by atoms with van der Waals surface area (Å²) < 4.78 is 5.15. The van der Waals surface area contributed by atoms with Crippen LogP contribution in [-0.4, -0.2) is 16.1 Å². The largest absolute Gasteiger partial charge is 0.481 e. The minimum absolute atomic E-state index is 0.311. The molecule has 0 unspecified atom stereocenters. The number of unbranched alkanes of at least 4 members (excludes halogenated alkanes) is 6. The highest BCUT2D eigenvalue weighted by Crippen LogP contribution is 2.12. The number of rotatable bonds is 10. The molecule has 0 bridgehead atoms. The van der Waals surface area contributed by atoms with E-state index in [1.54, 1.807) is 0 Å². The lowest BCUT2D eigenvalue weighted by Crippen LogP contribution is -1.93. The van der Waals surface area contributed by atoms with Crippen molar-refractivity contribution < 1.29 is 14.3 Å². The van der Waals surface area contributed by atoms with E-state index in [1.807, 2.05) is 6.92 Å². The average molecular weight is 253 g/mol. The fraction of sp³-hybridized carbons (Fsp3) is 0.714. The number of carboxylic acid groups (broad SMARTS) is 1. The minimum Gasteiger partial charge on any atom is -0.481 e. The Hall–Kier alpha value is -1.32. The van der Waals surface area contributed by atoms with Gasteiger partial charge in [0.05, 0.1) is 5.69 Å². The summed E-state index contributed by atoms with van der Waals surface area (Å²) in [5, 5.41) is 8.49. The molecule has 102 valence electrons. The highest BCUT2D eigenvalue weighted by Gasteiger charge is 2.02. The first kappa shape index (κ1) is 14.7. The number of oxazole rings is 1. The van der Waals surface area contributed by atoms with Gasteiger partial charge in [-0.2, -0.15) is 0 Å². The van der Waals surface area contributed by atoms with Crippen LogP contribution in [0.1, 0.15) is 62.8 Å². The second-order valence-corrected chi connectivity index (χ2v) is 4.72. The van der Waals surface area contributed by atoms with E-state index in [2.05, 4.69) is 4.98 Å². The number of hydrogen-bond acceptors (Lipinski definition) is 3.